The summed E-state index contributed by atoms with van der Waals surface area (Å²) in [6, 6.07) is 10.7. The summed E-state index contributed by atoms with van der Waals surface area (Å²) in [6.45, 7) is 0.396. The number of hydrogen-bond acceptors (Lipinski definition) is 3. The lowest BCUT2D eigenvalue weighted by Crippen LogP contribution is -2.39. The molecule has 0 saturated heterocycles. The fraction of sp³-hybridized carbons (Fsp3) is 0.222. The van der Waals surface area contributed by atoms with Gasteiger partial charge in [-0.2, -0.15) is 0 Å². The van der Waals surface area contributed by atoms with Crippen LogP contribution in [0.1, 0.15) is 22.3 Å². The van der Waals surface area contributed by atoms with E-state index in [2.05, 4.69) is 0 Å². The minimum absolute atomic E-state index is 0.161. The molecule has 0 aromatic heterocycles. The van der Waals surface area contributed by atoms with Gasteiger partial charge in [0.25, 0.3) is 5.91 Å². The van der Waals surface area contributed by atoms with E-state index in [1.54, 1.807) is 23.1 Å². The first-order valence-electron chi connectivity index (χ1n) is 7.66. The molecule has 0 aliphatic carbocycles. The maximum atomic E-state index is 12.9. The zero-order valence-electron chi connectivity index (χ0n) is 13.0. The fourth-order valence-electron chi connectivity index (χ4n) is 2.87. The van der Waals surface area contributed by atoms with Gasteiger partial charge in [0.2, 0.25) is 5.91 Å². The molecule has 0 radical (unpaired) electrons. The van der Waals surface area contributed by atoms with Crippen molar-refractivity contribution in [1.29, 1.82) is 0 Å². The number of halogens is 1. The molecule has 0 unspecified atom stereocenters. The van der Waals surface area contributed by atoms with Crippen molar-refractivity contribution >= 4 is 17.5 Å². The summed E-state index contributed by atoms with van der Waals surface area (Å²) in [4.78, 5) is 25.6. The molecular weight excluding hydrogens is 311 g/mol. The largest absolute Gasteiger partial charge is 0.484 e. The summed E-state index contributed by atoms with van der Waals surface area (Å²) >= 11 is 0. The van der Waals surface area contributed by atoms with Gasteiger partial charge in [-0.05, 0) is 54.8 Å². The lowest BCUT2D eigenvalue weighted by molar-refractivity contribution is -0.120. The third-order valence-electron chi connectivity index (χ3n) is 3.99. The van der Waals surface area contributed by atoms with Crippen LogP contribution in [0.25, 0.3) is 0 Å². The Balaban J connectivity index is 1.76. The maximum Gasteiger partial charge on any atom is 0.264 e. The van der Waals surface area contributed by atoms with Crippen LogP contribution >= 0.6 is 0 Å². The molecule has 0 fully saturated rings. The Bertz CT molecular complexity index is 774. The Hall–Kier alpha value is -2.89. The van der Waals surface area contributed by atoms with Gasteiger partial charge in [-0.3, -0.25) is 9.59 Å². The van der Waals surface area contributed by atoms with Crippen molar-refractivity contribution in [2.45, 2.75) is 12.8 Å². The van der Waals surface area contributed by atoms with Gasteiger partial charge in [0.15, 0.2) is 6.61 Å². The van der Waals surface area contributed by atoms with Crippen LogP contribution in [0.15, 0.2) is 42.5 Å². The Kier molecular flexibility index (Phi) is 4.46. The third kappa shape index (κ3) is 3.22. The molecule has 0 atom stereocenters. The first-order valence-corrected chi connectivity index (χ1v) is 7.66. The average molecular weight is 328 g/mol. The zero-order valence-corrected chi connectivity index (χ0v) is 13.0. The number of hydrogen-bond donors (Lipinski definition) is 1. The number of nitrogens with zero attached hydrogens (tertiary/aromatic N) is 1. The molecule has 6 heteroatoms. The lowest BCUT2D eigenvalue weighted by atomic mass is 9.96. The molecule has 1 aliphatic rings. The van der Waals surface area contributed by atoms with Crippen LogP contribution in [-0.2, 0) is 11.2 Å². The van der Waals surface area contributed by atoms with Crippen LogP contribution in [0.5, 0.6) is 5.75 Å². The second-order valence-electron chi connectivity index (χ2n) is 5.56. The second-order valence-corrected chi connectivity index (χ2v) is 5.56. The van der Waals surface area contributed by atoms with Gasteiger partial charge in [-0.1, -0.05) is 6.07 Å². The van der Waals surface area contributed by atoms with Crippen LogP contribution in [0, 0.1) is 5.82 Å². The van der Waals surface area contributed by atoms with Gasteiger partial charge in [0, 0.05) is 17.8 Å². The van der Waals surface area contributed by atoms with Crippen molar-refractivity contribution in [1.82, 2.24) is 0 Å². The van der Waals surface area contributed by atoms with Crippen LogP contribution in [0.3, 0.4) is 0 Å². The highest BCUT2D eigenvalue weighted by Gasteiger charge is 2.25. The Morgan fingerprint density at radius 2 is 1.92 bits per heavy atom. The van der Waals surface area contributed by atoms with E-state index in [4.69, 9.17) is 10.5 Å². The molecule has 5 nitrogen and oxygen atoms in total. The molecule has 0 saturated carbocycles. The molecule has 3 rings (SSSR count). The highest BCUT2D eigenvalue weighted by molar-refractivity contribution is 6.00. The Morgan fingerprint density at radius 1 is 1.17 bits per heavy atom. The average Bonchev–Trinajstić information content (AvgIpc) is 2.59. The first kappa shape index (κ1) is 16.0. The molecule has 0 bridgehead atoms. The Labute approximate surface area is 138 Å². The Morgan fingerprint density at radius 3 is 2.62 bits per heavy atom. The predicted molar refractivity (Wildman–Crippen MR) is 87.5 cm³/mol. The van der Waals surface area contributed by atoms with Gasteiger partial charge in [0.05, 0.1) is 0 Å². The number of carbonyl (C=O) groups is 2. The monoisotopic (exact) mass is 328 g/mol. The van der Waals surface area contributed by atoms with E-state index < -0.39 is 5.91 Å². The highest BCUT2D eigenvalue weighted by Crippen LogP contribution is 2.30. The maximum absolute atomic E-state index is 12.9. The number of nitrogens with two attached hydrogens (primary N) is 1. The highest BCUT2D eigenvalue weighted by atomic mass is 19.1. The van der Waals surface area contributed by atoms with Crippen molar-refractivity contribution in [3.63, 3.8) is 0 Å². The molecule has 24 heavy (non-hydrogen) atoms. The lowest BCUT2D eigenvalue weighted by Gasteiger charge is -2.30. The minimum Gasteiger partial charge on any atom is -0.484 e. The van der Waals surface area contributed by atoms with E-state index in [-0.39, 0.29) is 18.3 Å². The summed E-state index contributed by atoms with van der Waals surface area (Å²) in [5.74, 6) is -0.656. The molecule has 2 N–H and O–H groups in total. The predicted octanol–water partition coefficient (Wildman–Crippen LogP) is 2.28. The van der Waals surface area contributed by atoms with E-state index >= 15 is 0 Å². The fourth-order valence-corrected chi connectivity index (χ4v) is 2.87. The molecule has 2 aromatic carbocycles. The van der Waals surface area contributed by atoms with Gasteiger partial charge in [-0.15, -0.1) is 0 Å². The van der Waals surface area contributed by atoms with E-state index in [0.29, 0.717) is 30.0 Å². The van der Waals surface area contributed by atoms with Crippen molar-refractivity contribution in [3.05, 3.63) is 59.4 Å². The standard InChI is InChI=1S/C18H17FN2O3/c19-12-6-8-13(9-7-12)24-11-17(22)21-10-2-4-14-15(18(20)23)3-1-5-16(14)21/h1,3,5-9H,2,4,10-11H2,(H2,20,23). The van der Waals surface area contributed by atoms with Crippen molar-refractivity contribution < 1.29 is 18.7 Å². The van der Waals surface area contributed by atoms with Crippen molar-refractivity contribution in [3.8, 4) is 5.75 Å². The van der Waals surface area contributed by atoms with Crippen LogP contribution in [0.4, 0.5) is 10.1 Å². The van der Waals surface area contributed by atoms with Gasteiger partial charge < -0.3 is 15.4 Å². The summed E-state index contributed by atoms with van der Waals surface area (Å²) in [7, 11) is 0. The third-order valence-corrected chi connectivity index (χ3v) is 3.99. The number of fused-ring (bicyclic) bond motifs is 1. The van der Waals surface area contributed by atoms with E-state index in [1.807, 2.05) is 0 Å². The van der Waals surface area contributed by atoms with E-state index in [9.17, 15) is 14.0 Å². The first-order chi connectivity index (χ1) is 11.6. The topological polar surface area (TPSA) is 72.6 Å². The van der Waals surface area contributed by atoms with Crippen LogP contribution in [0.2, 0.25) is 0 Å². The number of amides is 2. The number of carbonyl (C=O) groups excluding carboxylic acids is 2. The smallest absolute Gasteiger partial charge is 0.264 e. The molecule has 1 heterocycles. The van der Waals surface area contributed by atoms with Gasteiger partial charge in [-0.25, -0.2) is 4.39 Å². The number of rotatable bonds is 4. The van der Waals surface area contributed by atoms with Crippen molar-refractivity contribution in [2.24, 2.45) is 5.73 Å². The normalized spacial score (nSPS) is 13.3. The second kappa shape index (κ2) is 6.70. The van der Waals surface area contributed by atoms with Gasteiger partial charge >= 0.3 is 0 Å². The van der Waals surface area contributed by atoms with Crippen LogP contribution < -0.4 is 15.4 Å². The van der Waals surface area contributed by atoms with Crippen LogP contribution in [-0.4, -0.2) is 25.0 Å². The number of ether oxygens (including phenoxy) is 1. The molecule has 1 aliphatic heterocycles. The summed E-state index contributed by atoms with van der Waals surface area (Å²) in [5, 5.41) is 0. The number of benzene rings is 2. The molecule has 124 valence electrons. The molecular formula is C18H17FN2O3. The van der Waals surface area contributed by atoms with E-state index in [1.165, 1.54) is 24.3 Å². The zero-order chi connectivity index (χ0) is 17.1. The molecule has 2 aromatic rings. The summed E-state index contributed by atoms with van der Waals surface area (Å²) < 4.78 is 18.3. The molecule has 0 spiro atoms. The number of anilines is 1. The summed E-state index contributed by atoms with van der Waals surface area (Å²) in [5.41, 5.74) is 7.35. The number of primary amides is 1. The van der Waals surface area contributed by atoms with Gasteiger partial charge in [0.1, 0.15) is 11.6 Å². The van der Waals surface area contributed by atoms with E-state index in [0.717, 1.165) is 12.0 Å². The molecule has 2 amide bonds. The summed E-state index contributed by atoms with van der Waals surface area (Å²) in [6.07, 6.45) is 1.45. The quantitative estimate of drug-likeness (QED) is 0.936. The van der Waals surface area contributed by atoms with Crippen molar-refractivity contribution in [2.75, 3.05) is 18.1 Å². The SMILES string of the molecule is NC(=O)c1cccc2c1CCCN2C(=O)COc1ccc(F)cc1. The minimum atomic E-state index is -0.497.